The predicted octanol–water partition coefficient (Wildman–Crippen LogP) is 4.18. The van der Waals surface area contributed by atoms with Crippen LogP contribution in [0.3, 0.4) is 0 Å². The quantitative estimate of drug-likeness (QED) is 0.457. The highest BCUT2D eigenvalue weighted by Crippen LogP contribution is 2.09. The fourth-order valence-electron chi connectivity index (χ4n) is 1.63. The van der Waals surface area contributed by atoms with E-state index in [4.69, 9.17) is 15.6 Å². The van der Waals surface area contributed by atoms with Crippen LogP contribution in [0.25, 0.3) is 0 Å². The molecule has 3 N–H and O–H groups in total. The number of nitrogens with two attached hydrogens (primary N) is 1. The Hall–Kier alpha value is -0.770. The highest BCUT2D eigenvalue weighted by atomic mass is 16.6. The molecule has 0 aromatic carbocycles. The maximum absolute atomic E-state index is 9.15. The summed E-state index contributed by atoms with van der Waals surface area (Å²) in [6.07, 6.45) is 12.7. The molecule has 0 aliphatic carbocycles. The van der Waals surface area contributed by atoms with E-state index in [2.05, 4.69) is 11.7 Å². The lowest BCUT2D eigenvalue weighted by Crippen LogP contribution is -1.97. The van der Waals surface area contributed by atoms with Crippen LogP contribution in [0, 0.1) is 0 Å². The summed E-state index contributed by atoms with van der Waals surface area (Å²) in [7, 11) is 1.10. The third-order valence-corrected chi connectivity index (χ3v) is 2.73. The van der Waals surface area contributed by atoms with Crippen molar-refractivity contribution in [3.05, 3.63) is 0 Å². The Kier molecular flexibility index (Phi) is 20.2. The van der Waals surface area contributed by atoms with Crippen molar-refractivity contribution in [3.63, 3.8) is 0 Å². The summed E-state index contributed by atoms with van der Waals surface area (Å²) in [6.45, 7) is 3.14. The number of hydrogen-bond donors (Lipinski definition) is 2. The van der Waals surface area contributed by atoms with E-state index >= 15 is 0 Å². The van der Waals surface area contributed by atoms with Gasteiger partial charge in [-0.15, -0.1) is 0 Å². The number of carbonyl (C=O) groups is 1. The van der Waals surface area contributed by atoms with Gasteiger partial charge in [0.05, 0.1) is 7.11 Å². The molecule has 0 atom stereocenters. The Labute approximate surface area is 112 Å². The molecule has 0 aromatic rings. The summed E-state index contributed by atoms with van der Waals surface area (Å²) < 4.78 is 3.67. The Balaban J connectivity index is 0. The van der Waals surface area contributed by atoms with Gasteiger partial charge < -0.3 is 15.6 Å². The fraction of sp³-hybridized carbons (Fsp3) is 0.929. The molecule has 0 rings (SSSR count). The van der Waals surface area contributed by atoms with Crippen molar-refractivity contribution >= 4 is 6.16 Å². The highest BCUT2D eigenvalue weighted by Gasteiger charge is 1.91. The molecule has 0 saturated carbocycles. The molecule has 4 heteroatoms. The van der Waals surface area contributed by atoms with E-state index in [0.29, 0.717) is 0 Å². The summed E-state index contributed by atoms with van der Waals surface area (Å²) in [5, 5.41) is 7.50. The van der Waals surface area contributed by atoms with Gasteiger partial charge in [-0.3, -0.25) is 0 Å². The van der Waals surface area contributed by atoms with Crippen molar-refractivity contribution in [2.45, 2.75) is 71.1 Å². The first kappa shape index (κ1) is 19.6. The van der Waals surface area contributed by atoms with Gasteiger partial charge in [-0.1, -0.05) is 64.7 Å². The lowest BCUT2D eigenvalue weighted by molar-refractivity contribution is 0.114. The van der Waals surface area contributed by atoms with E-state index in [1.165, 1.54) is 64.2 Å². The number of rotatable bonds is 10. The molecule has 0 heterocycles. The van der Waals surface area contributed by atoms with Crippen LogP contribution < -0.4 is 5.73 Å². The van der Waals surface area contributed by atoms with Gasteiger partial charge in [0.25, 0.3) is 0 Å². The molecule has 0 fully saturated rings. The van der Waals surface area contributed by atoms with Gasteiger partial charge >= 0.3 is 6.16 Å². The molecule has 0 aromatic heterocycles. The van der Waals surface area contributed by atoms with Gasteiger partial charge in [0.2, 0.25) is 0 Å². The van der Waals surface area contributed by atoms with Gasteiger partial charge in [0, 0.05) is 0 Å². The maximum atomic E-state index is 9.15. The van der Waals surface area contributed by atoms with Crippen LogP contribution in [0.2, 0.25) is 0 Å². The second kappa shape index (κ2) is 18.6. The number of ether oxygens (including phenoxy) is 1. The fourth-order valence-corrected chi connectivity index (χ4v) is 1.63. The van der Waals surface area contributed by atoms with E-state index in [1.807, 2.05) is 0 Å². The van der Waals surface area contributed by atoms with Crippen LogP contribution in [-0.2, 0) is 4.74 Å². The van der Waals surface area contributed by atoms with Crippen molar-refractivity contribution in [1.29, 1.82) is 0 Å². The monoisotopic (exact) mass is 261 g/mol. The minimum absolute atomic E-state index is 0.872. The Morgan fingerprint density at radius 3 is 1.56 bits per heavy atom. The summed E-state index contributed by atoms with van der Waals surface area (Å²) in [5.74, 6) is 0. The van der Waals surface area contributed by atoms with Crippen molar-refractivity contribution < 1.29 is 14.6 Å². The minimum Gasteiger partial charge on any atom is -0.450 e. The van der Waals surface area contributed by atoms with Gasteiger partial charge in [0.1, 0.15) is 0 Å². The molecule has 4 nitrogen and oxygen atoms in total. The first-order valence-electron chi connectivity index (χ1n) is 7.16. The normalized spacial score (nSPS) is 9.50. The largest absolute Gasteiger partial charge is 0.505 e. The molecular weight excluding hydrogens is 230 g/mol. The van der Waals surface area contributed by atoms with Gasteiger partial charge in [-0.25, -0.2) is 4.79 Å². The number of hydrogen-bond acceptors (Lipinski definition) is 3. The molecule has 0 aliphatic rings. The average Bonchev–Trinajstić information content (AvgIpc) is 2.37. The summed E-state index contributed by atoms with van der Waals surface area (Å²) in [5.41, 5.74) is 5.42. The molecule has 0 radical (unpaired) electrons. The number of carboxylic acid groups (broad SMARTS) is 1. The molecule has 0 saturated heterocycles. The lowest BCUT2D eigenvalue weighted by atomic mass is 10.1. The van der Waals surface area contributed by atoms with E-state index in [0.717, 1.165) is 13.7 Å². The van der Waals surface area contributed by atoms with Crippen LogP contribution in [0.1, 0.15) is 71.1 Å². The molecule has 0 spiro atoms. The van der Waals surface area contributed by atoms with E-state index < -0.39 is 6.16 Å². The summed E-state index contributed by atoms with van der Waals surface area (Å²) in [6, 6.07) is 0. The zero-order chi connectivity index (χ0) is 14.1. The Bertz CT molecular complexity index is 153. The van der Waals surface area contributed by atoms with E-state index in [1.54, 1.807) is 0 Å². The molecule has 0 unspecified atom stereocenters. The molecule has 18 heavy (non-hydrogen) atoms. The zero-order valence-electron chi connectivity index (χ0n) is 12.1. The van der Waals surface area contributed by atoms with Crippen LogP contribution in [0.4, 0.5) is 4.79 Å². The second-order valence-electron chi connectivity index (χ2n) is 4.44. The molecule has 0 bridgehead atoms. The van der Waals surface area contributed by atoms with Gasteiger partial charge in [-0.05, 0) is 13.0 Å². The standard InChI is InChI=1S/C12H27N.C2H4O3/c1-2-3-4-5-6-7-8-9-10-11-12-13;1-5-2(3)4/h2-13H2,1H3;1H3,(H,3,4). The van der Waals surface area contributed by atoms with Crippen molar-refractivity contribution in [2.75, 3.05) is 13.7 Å². The first-order valence-corrected chi connectivity index (χ1v) is 7.16. The summed E-state index contributed by atoms with van der Waals surface area (Å²) >= 11 is 0. The van der Waals surface area contributed by atoms with Crippen LogP contribution in [-0.4, -0.2) is 24.9 Å². The average molecular weight is 261 g/mol. The molecule has 0 aliphatic heterocycles. The molecular formula is C14H31NO3. The number of methoxy groups -OCH3 is 1. The molecule has 0 amide bonds. The predicted molar refractivity (Wildman–Crippen MR) is 75.9 cm³/mol. The van der Waals surface area contributed by atoms with E-state index in [9.17, 15) is 0 Å². The van der Waals surface area contributed by atoms with Crippen LogP contribution >= 0.6 is 0 Å². The summed E-state index contributed by atoms with van der Waals surface area (Å²) in [4.78, 5) is 9.15. The van der Waals surface area contributed by atoms with Gasteiger partial charge in [-0.2, -0.15) is 0 Å². The second-order valence-corrected chi connectivity index (χ2v) is 4.44. The third kappa shape index (κ3) is 24.5. The van der Waals surface area contributed by atoms with Crippen molar-refractivity contribution in [1.82, 2.24) is 0 Å². The SMILES string of the molecule is CCCCCCCCCCCCN.COC(=O)O. The van der Waals surface area contributed by atoms with E-state index in [-0.39, 0.29) is 0 Å². The van der Waals surface area contributed by atoms with Gasteiger partial charge in [0.15, 0.2) is 0 Å². The topological polar surface area (TPSA) is 72.5 Å². The minimum atomic E-state index is -1.25. The first-order chi connectivity index (χ1) is 8.68. The lowest BCUT2D eigenvalue weighted by Gasteiger charge is -2.00. The highest BCUT2D eigenvalue weighted by molar-refractivity contribution is 5.56. The Morgan fingerprint density at radius 1 is 0.944 bits per heavy atom. The van der Waals surface area contributed by atoms with Crippen molar-refractivity contribution in [3.8, 4) is 0 Å². The third-order valence-electron chi connectivity index (χ3n) is 2.73. The van der Waals surface area contributed by atoms with Crippen LogP contribution in [0.15, 0.2) is 0 Å². The Morgan fingerprint density at radius 2 is 1.28 bits per heavy atom. The van der Waals surface area contributed by atoms with Crippen molar-refractivity contribution in [2.24, 2.45) is 5.73 Å². The van der Waals surface area contributed by atoms with Crippen LogP contribution in [0.5, 0.6) is 0 Å². The maximum Gasteiger partial charge on any atom is 0.505 e. The zero-order valence-corrected chi connectivity index (χ0v) is 12.1. The number of unbranched alkanes of at least 4 members (excludes halogenated alkanes) is 9. The smallest absolute Gasteiger partial charge is 0.450 e. The molecule has 110 valence electrons.